The Morgan fingerprint density at radius 3 is 2.61 bits per heavy atom. The van der Waals surface area contributed by atoms with Crippen molar-refractivity contribution in [3.63, 3.8) is 0 Å². The van der Waals surface area contributed by atoms with Gasteiger partial charge < -0.3 is 14.8 Å². The molecule has 0 atom stereocenters. The molecule has 1 fully saturated rings. The number of ether oxygens (including phenoxy) is 2. The molecule has 1 aromatic carbocycles. The van der Waals surface area contributed by atoms with Gasteiger partial charge in [-0.25, -0.2) is 0 Å². The van der Waals surface area contributed by atoms with Crippen molar-refractivity contribution >= 4 is 0 Å². The Morgan fingerprint density at radius 1 is 1.17 bits per heavy atom. The first-order chi connectivity index (χ1) is 8.88. The molecule has 3 nitrogen and oxygen atoms in total. The van der Waals surface area contributed by atoms with Crippen molar-refractivity contribution in [3.05, 3.63) is 29.8 Å². The summed E-state index contributed by atoms with van der Waals surface area (Å²) in [5, 5.41) is 3.51. The highest BCUT2D eigenvalue weighted by molar-refractivity contribution is 5.26. The number of hydrogen-bond acceptors (Lipinski definition) is 3. The monoisotopic (exact) mass is 249 g/mol. The van der Waals surface area contributed by atoms with E-state index in [0.717, 1.165) is 31.4 Å². The number of benzene rings is 1. The van der Waals surface area contributed by atoms with Crippen molar-refractivity contribution in [2.45, 2.75) is 38.3 Å². The van der Waals surface area contributed by atoms with Crippen LogP contribution in [0.15, 0.2) is 24.3 Å². The van der Waals surface area contributed by atoms with E-state index in [4.69, 9.17) is 9.47 Å². The van der Waals surface area contributed by atoms with Crippen LogP contribution in [0.2, 0.25) is 0 Å². The van der Waals surface area contributed by atoms with Crippen molar-refractivity contribution in [2.75, 3.05) is 20.3 Å². The molecular formula is C15H23NO2. The number of unbranched alkanes of at least 4 members (excludes halogenated alkanes) is 1. The van der Waals surface area contributed by atoms with E-state index in [9.17, 15) is 0 Å². The molecule has 0 spiro atoms. The van der Waals surface area contributed by atoms with Gasteiger partial charge in [-0.2, -0.15) is 0 Å². The zero-order valence-corrected chi connectivity index (χ0v) is 11.2. The molecule has 0 amide bonds. The normalized spacial score (nSPS) is 14.7. The SMILES string of the molecule is COc1ccc(COCCCCNC2CC2)cc1. The second-order valence-corrected chi connectivity index (χ2v) is 4.84. The molecule has 1 aliphatic carbocycles. The molecule has 100 valence electrons. The summed E-state index contributed by atoms with van der Waals surface area (Å²) in [6.07, 6.45) is 5.08. The zero-order chi connectivity index (χ0) is 12.6. The van der Waals surface area contributed by atoms with Gasteiger partial charge in [0.05, 0.1) is 13.7 Å². The lowest BCUT2D eigenvalue weighted by molar-refractivity contribution is 0.117. The Balaban J connectivity index is 1.48. The fourth-order valence-electron chi connectivity index (χ4n) is 1.83. The molecule has 0 radical (unpaired) electrons. The molecule has 0 heterocycles. The molecule has 1 aromatic rings. The number of rotatable bonds is 9. The second-order valence-electron chi connectivity index (χ2n) is 4.84. The second kappa shape index (κ2) is 7.39. The van der Waals surface area contributed by atoms with Gasteiger partial charge in [0.2, 0.25) is 0 Å². The highest BCUT2D eigenvalue weighted by Gasteiger charge is 2.19. The van der Waals surface area contributed by atoms with Crippen LogP contribution in [-0.2, 0) is 11.3 Å². The third kappa shape index (κ3) is 5.07. The minimum Gasteiger partial charge on any atom is -0.497 e. The smallest absolute Gasteiger partial charge is 0.118 e. The van der Waals surface area contributed by atoms with Gasteiger partial charge in [-0.05, 0) is 49.9 Å². The van der Waals surface area contributed by atoms with Crippen LogP contribution in [0.4, 0.5) is 0 Å². The summed E-state index contributed by atoms with van der Waals surface area (Å²) in [6, 6.07) is 8.86. The fraction of sp³-hybridized carbons (Fsp3) is 0.600. The predicted molar refractivity (Wildman–Crippen MR) is 72.9 cm³/mol. The van der Waals surface area contributed by atoms with Crippen molar-refractivity contribution in [1.82, 2.24) is 5.32 Å². The van der Waals surface area contributed by atoms with E-state index < -0.39 is 0 Å². The Morgan fingerprint density at radius 2 is 1.94 bits per heavy atom. The lowest BCUT2D eigenvalue weighted by Gasteiger charge is -2.06. The van der Waals surface area contributed by atoms with E-state index in [1.807, 2.05) is 24.3 Å². The molecule has 0 bridgehead atoms. The van der Waals surface area contributed by atoms with E-state index in [-0.39, 0.29) is 0 Å². The molecule has 18 heavy (non-hydrogen) atoms. The minimum atomic E-state index is 0.694. The van der Waals surface area contributed by atoms with E-state index in [2.05, 4.69) is 5.32 Å². The van der Waals surface area contributed by atoms with Crippen LogP contribution < -0.4 is 10.1 Å². The molecule has 0 unspecified atom stereocenters. The van der Waals surface area contributed by atoms with Crippen molar-refractivity contribution in [1.29, 1.82) is 0 Å². The molecule has 3 heteroatoms. The average molecular weight is 249 g/mol. The summed E-state index contributed by atoms with van der Waals surface area (Å²) < 4.78 is 10.8. The topological polar surface area (TPSA) is 30.5 Å². The van der Waals surface area contributed by atoms with Gasteiger partial charge in [-0.3, -0.25) is 0 Å². The van der Waals surface area contributed by atoms with Crippen molar-refractivity contribution in [3.8, 4) is 5.75 Å². The van der Waals surface area contributed by atoms with Crippen LogP contribution >= 0.6 is 0 Å². The molecular weight excluding hydrogens is 226 g/mol. The third-order valence-electron chi connectivity index (χ3n) is 3.15. The molecule has 1 saturated carbocycles. The first kappa shape index (κ1) is 13.4. The maximum absolute atomic E-state index is 5.65. The lowest BCUT2D eigenvalue weighted by atomic mass is 10.2. The largest absolute Gasteiger partial charge is 0.497 e. The van der Waals surface area contributed by atoms with Gasteiger partial charge in [0, 0.05) is 12.6 Å². The minimum absolute atomic E-state index is 0.694. The molecule has 0 saturated heterocycles. The Kier molecular flexibility index (Phi) is 5.49. The van der Waals surface area contributed by atoms with Gasteiger partial charge >= 0.3 is 0 Å². The molecule has 1 aliphatic rings. The van der Waals surface area contributed by atoms with Crippen LogP contribution in [0.1, 0.15) is 31.2 Å². The summed E-state index contributed by atoms with van der Waals surface area (Å²) in [5.41, 5.74) is 1.20. The summed E-state index contributed by atoms with van der Waals surface area (Å²) >= 11 is 0. The number of nitrogens with one attached hydrogen (secondary N) is 1. The van der Waals surface area contributed by atoms with Crippen molar-refractivity contribution < 1.29 is 9.47 Å². The summed E-state index contributed by atoms with van der Waals surface area (Å²) in [7, 11) is 1.68. The van der Waals surface area contributed by atoms with Gasteiger partial charge in [-0.15, -0.1) is 0 Å². The average Bonchev–Trinajstić information content (AvgIpc) is 3.22. The highest BCUT2D eigenvalue weighted by Crippen LogP contribution is 2.18. The number of hydrogen-bond donors (Lipinski definition) is 1. The zero-order valence-electron chi connectivity index (χ0n) is 11.2. The maximum Gasteiger partial charge on any atom is 0.118 e. The predicted octanol–water partition coefficient (Wildman–Crippen LogP) is 2.74. The summed E-state index contributed by atoms with van der Waals surface area (Å²) in [5.74, 6) is 0.893. The summed E-state index contributed by atoms with van der Waals surface area (Å²) in [6.45, 7) is 2.68. The van der Waals surface area contributed by atoms with E-state index in [1.54, 1.807) is 7.11 Å². The molecule has 2 rings (SSSR count). The summed E-state index contributed by atoms with van der Waals surface area (Å²) in [4.78, 5) is 0. The van der Waals surface area contributed by atoms with Crippen LogP contribution in [0, 0.1) is 0 Å². The standard InChI is InChI=1S/C15H23NO2/c1-17-15-8-4-13(5-9-15)12-18-11-3-2-10-16-14-6-7-14/h4-5,8-9,14,16H,2-3,6-7,10-12H2,1H3. The Hall–Kier alpha value is -1.06. The molecule has 1 N–H and O–H groups in total. The first-order valence-corrected chi connectivity index (χ1v) is 6.82. The number of methoxy groups -OCH3 is 1. The van der Waals surface area contributed by atoms with Crippen LogP contribution in [-0.4, -0.2) is 26.3 Å². The van der Waals surface area contributed by atoms with E-state index in [0.29, 0.717) is 6.61 Å². The van der Waals surface area contributed by atoms with Gasteiger partial charge in [0.1, 0.15) is 5.75 Å². The van der Waals surface area contributed by atoms with E-state index in [1.165, 1.54) is 24.8 Å². The first-order valence-electron chi connectivity index (χ1n) is 6.82. The maximum atomic E-state index is 5.65. The van der Waals surface area contributed by atoms with Crippen LogP contribution in [0.3, 0.4) is 0 Å². The Labute approximate surface area is 109 Å². The van der Waals surface area contributed by atoms with Crippen LogP contribution in [0.25, 0.3) is 0 Å². The quantitative estimate of drug-likeness (QED) is 0.683. The van der Waals surface area contributed by atoms with Gasteiger partial charge in [-0.1, -0.05) is 12.1 Å². The molecule has 0 aliphatic heterocycles. The van der Waals surface area contributed by atoms with E-state index >= 15 is 0 Å². The van der Waals surface area contributed by atoms with Crippen LogP contribution in [0.5, 0.6) is 5.75 Å². The van der Waals surface area contributed by atoms with Crippen molar-refractivity contribution in [2.24, 2.45) is 0 Å². The van der Waals surface area contributed by atoms with Gasteiger partial charge in [0.25, 0.3) is 0 Å². The van der Waals surface area contributed by atoms with Gasteiger partial charge in [0.15, 0.2) is 0 Å². The fourth-order valence-corrected chi connectivity index (χ4v) is 1.83. The third-order valence-corrected chi connectivity index (χ3v) is 3.15. The Bertz CT molecular complexity index is 333. The lowest BCUT2D eigenvalue weighted by Crippen LogP contribution is -2.17. The highest BCUT2D eigenvalue weighted by atomic mass is 16.5. The molecule has 0 aromatic heterocycles.